The summed E-state index contributed by atoms with van der Waals surface area (Å²) in [7, 11) is 0. The summed E-state index contributed by atoms with van der Waals surface area (Å²) in [6.07, 6.45) is 1.05. The first kappa shape index (κ1) is 15.8. The third-order valence-electron chi connectivity index (χ3n) is 3.38. The van der Waals surface area contributed by atoms with Crippen LogP contribution >= 0.6 is 34.2 Å². The molecule has 0 bridgehead atoms. The van der Waals surface area contributed by atoms with Crippen molar-refractivity contribution in [3.05, 3.63) is 68.3 Å². The van der Waals surface area contributed by atoms with Crippen LogP contribution in [-0.4, -0.2) is 13.1 Å². The summed E-state index contributed by atoms with van der Waals surface area (Å²) in [6, 6.07) is 17.0. The zero-order chi connectivity index (χ0) is 14.4. The SMILES string of the molecule is CCNCC(Cc1ccc(I)cc1)c1ccc(Cl)cc1. The molecule has 0 aliphatic heterocycles. The van der Waals surface area contributed by atoms with Crippen LogP contribution in [0.15, 0.2) is 48.5 Å². The van der Waals surface area contributed by atoms with E-state index in [0.29, 0.717) is 5.92 Å². The van der Waals surface area contributed by atoms with Crippen molar-refractivity contribution in [1.29, 1.82) is 0 Å². The van der Waals surface area contributed by atoms with Crippen molar-refractivity contribution in [3.8, 4) is 0 Å². The molecule has 0 amide bonds. The minimum atomic E-state index is 0.479. The van der Waals surface area contributed by atoms with Crippen molar-refractivity contribution in [2.75, 3.05) is 13.1 Å². The van der Waals surface area contributed by atoms with Gasteiger partial charge in [0.05, 0.1) is 0 Å². The van der Waals surface area contributed by atoms with Gasteiger partial charge in [0.1, 0.15) is 0 Å². The van der Waals surface area contributed by atoms with Gasteiger partial charge >= 0.3 is 0 Å². The molecule has 0 heterocycles. The Bertz CT molecular complexity index is 522. The lowest BCUT2D eigenvalue weighted by Crippen LogP contribution is -2.22. The predicted molar refractivity (Wildman–Crippen MR) is 95.6 cm³/mol. The first-order valence-electron chi connectivity index (χ1n) is 6.89. The third-order valence-corrected chi connectivity index (χ3v) is 4.35. The van der Waals surface area contributed by atoms with Crippen LogP contribution in [0.1, 0.15) is 24.0 Å². The summed E-state index contributed by atoms with van der Waals surface area (Å²) < 4.78 is 1.28. The highest BCUT2D eigenvalue weighted by molar-refractivity contribution is 14.1. The fourth-order valence-corrected chi connectivity index (χ4v) is 2.75. The zero-order valence-electron chi connectivity index (χ0n) is 11.6. The number of halogens is 2. The molecule has 0 radical (unpaired) electrons. The van der Waals surface area contributed by atoms with Crippen molar-refractivity contribution in [2.24, 2.45) is 0 Å². The number of rotatable bonds is 6. The molecule has 1 nitrogen and oxygen atoms in total. The molecule has 0 saturated heterocycles. The first-order valence-corrected chi connectivity index (χ1v) is 8.35. The van der Waals surface area contributed by atoms with Gasteiger partial charge < -0.3 is 5.32 Å². The number of likely N-dealkylation sites (N-methyl/N-ethyl adjacent to an activating group) is 1. The van der Waals surface area contributed by atoms with E-state index in [1.807, 2.05) is 12.1 Å². The van der Waals surface area contributed by atoms with E-state index in [9.17, 15) is 0 Å². The summed E-state index contributed by atoms with van der Waals surface area (Å²) in [4.78, 5) is 0. The molecule has 2 aromatic carbocycles. The zero-order valence-corrected chi connectivity index (χ0v) is 14.5. The lowest BCUT2D eigenvalue weighted by atomic mass is 9.92. The standard InChI is InChI=1S/C17H19ClIN/c1-2-20-12-15(14-5-7-16(18)8-6-14)11-13-3-9-17(19)10-4-13/h3-10,15,20H,2,11-12H2,1H3. The number of hydrogen-bond donors (Lipinski definition) is 1. The predicted octanol–water partition coefficient (Wildman–Crippen LogP) is 4.88. The normalized spacial score (nSPS) is 12.3. The second kappa shape index (κ2) is 8.01. The summed E-state index contributed by atoms with van der Waals surface area (Å²) in [5, 5.41) is 4.26. The molecule has 2 aromatic rings. The topological polar surface area (TPSA) is 12.0 Å². The molecule has 2 rings (SSSR count). The van der Waals surface area contributed by atoms with E-state index in [1.54, 1.807) is 0 Å². The number of nitrogens with one attached hydrogen (secondary N) is 1. The van der Waals surface area contributed by atoms with Gasteiger partial charge in [0.25, 0.3) is 0 Å². The Morgan fingerprint density at radius 3 is 2.30 bits per heavy atom. The van der Waals surface area contributed by atoms with Crippen molar-refractivity contribution in [3.63, 3.8) is 0 Å². The molecule has 0 fully saturated rings. The van der Waals surface area contributed by atoms with E-state index < -0.39 is 0 Å². The van der Waals surface area contributed by atoms with Crippen molar-refractivity contribution in [2.45, 2.75) is 19.3 Å². The quantitative estimate of drug-likeness (QED) is 0.683. The van der Waals surface area contributed by atoms with Crippen molar-refractivity contribution in [1.82, 2.24) is 5.32 Å². The van der Waals surface area contributed by atoms with Crippen LogP contribution in [0.4, 0.5) is 0 Å². The smallest absolute Gasteiger partial charge is 0.0406 e. The lowest BCUT2D eigenvalue weighted by Gasteiger charge is -2.18. The van der Waals surface area contributed by atoms with Gasteiger partial charge in [0.15, 0.2) is 0 Å². The van der Waals surface area contributed by atoms with Gasteiger partial charge in [0, 0.05) is 21.1 Å². The Hall–Kier alpha value is -0.580. The first-order chi connectivity index (χ1) is 9.69. The van der Waals surface area contributed by atoms with Crippen LogP contribution in [0.5, 0.6) is 0 Å². The van der Waals surface area contributed by atoms with Crippen molar-refractivity contribution >= 4 is 34.2 Å². The minimum absolute atomic E-state index is 0.479. The molecule has 3 heteroatoms. The van der Waals surface area contributed by atoms with Crippen LogP contribution in [0, 0.1) is 3.57 Å². The fraction of sp³-hybridized carbons (Fsp3) is 0.294. The fourth-order valence-electron chi connectivity index (χ4n) is 2.27. The van der Waals surface area contributed by atoms with Gasteiger partial charge in [-0.15, -0.1) is 0 Å². The second-order valence-electron chi connectivity index (χ2n) is 4.89. The third kappa shape index (κ3) is 4.76. The Morgan fingerprint density at radius 1 is 1.05 bits per heavy atom. The van der Waals surface area contributed by atoms with Crippen LogP contribution in [-0.2, 0) is 6.42 Å². The average Bonchev–Trinajstić information content (AvgIpc) is 2.46. The van der Waals surface area contributed by atoms with Crippen LogP contribution < -0.4 is 5.32 Å². The summed E-state index contributed by atoms with van der Waals surface area (Å²) in [6.45, 7) is 4.13. The molecule has 1 N–H and O–H groups in total. The van der Waals surface area contributed by atoms with Gasteiger partial charge in [-0.3, -0.25) is 0 Å². The van der Waals surface area contributed by atoms with E-state index in [4.69, 9.17) is 11.6 Å². The van der Waals surface area contributed by atoms with Gasteiger partial charge in [-0.2, -0.15) is 0 Å². The van der Waals surface area contributed by atoms with Gasteiger partial charge in [-0.1, -0.05) is 42.8 Å². The highest BCUT2D eigenvalue weighted by Crippen LogP contribution is 2.22. The van der Waals surface area contributed by atoms with Gasteiger partial charge in [-0.05, 0) is 70.9 Å². The van der Waals surface area contributed by atoms with Gasteiger partial charge in [0.2, 0.25) is 0 Å². The van der Waals surface area contributed by atoms with E-state index >= 15 is 0 Å². The maximum Gasteiger partial charge on any atom is 0.0406 e. The number of hydrogen-bond acceptors (Lipinski definition) is 1. The highest BCUT2D eigenvalue weighted by Gasteiger charge is 2.12. The maximum atomic E-state index is 5.98. The van der Waals surface area contributed by atoms with Crippen LogP contribution in [0.2, 0.25) is 5.02 Å². The maximum absolute atomic E-state index is 5.98. The van der Waals surface area contributed by atoms with Gasteiger partial charge in [-0.25, -0.2) is 0 Å². The highest BCUT2D eigenvalue weighted by atomic mass is 127. The lowest BCUT2D eigenvalue weighted by molar-refractivity contribution is 0.595. The molecule has 1 atom stereocenters. The molecular formula is C17H19ClIN. The Kier molecular flexibility index (Phi) is 6.33. The minimum Gasteiger partial charge on any atom is -0.316 e. The second-order valence-corrected chi connectivity index (χ2v) is 6.57. The van der Waals surface area contributed by atoms with Crippen LogP contribution in [0.25, 0.3) is 0 Å². The summed E-state index contributed by atoms with van der Waals surface area (Å²) >= 11 is 8.32. The summed E-state index contributed by atoms with van der Waals surface area (Å²) in [5.74, 6) is 0.479. The molecule has 0 spiro atoms. The van der Waals surface area contributed by atoms with Crippen molar-refractivity contribution < 1.29 is 0 Å². The molecule has 0 saturated carbocycles. The van der Waals surface area contributed by atoms with E-state index in [0.717, 1.165) is 24.5 Å². The van der Waals surface area contributed by atoms with E-state index in [1.165, 1.54) is 14.7 Å². The molecule has 20 heavy (non-hydrogen) atoms. The van der Waals surface area contributed by atoms with Crippen LogP contribution in [0.3, 0.4) is 0 Å². The average molecular weight is 400 g/mol. The Balaban J connectivity index is 2.14. The van der Waals surface area contributed by atoms with E-state index in [-0.39, 0.29) is 0 Å². The molecule has 106 valence electrons. The molecular weight excluding hydrogens is 381 g/mol. The molecule has 0 aliphatic rings. The Morgan fingerprint density at radius 2 is 1.70 bits per heavy atom. The largest absolute Gasteiger partial charge is 0.316 e. The number of benzene rings is 2. The summed E-state index contributed by atoms with van der Waals surface area (Å²) in [5.41, 5.74) is 2.72. The molecule has 0 aliphatic carbocycles. The molecule has 0 aromatic heterocycles. The van der Waals surface area contributed by atoms with E-state index in [2.05, 4.69) is 71.2 Å². The molecule has 1 unspecified atom stereocenters. The Labute approximate surface area is 139 Å². The monoisotopic (exact) mass is 399 g/mol.